The monoisotopic (exact) mass is 291 g/mol. The molecule has 0 unspecified atom stereocenters. The lowest BCUT2D eigenvalue weighted by atomic mass is 9.62. The SMILES string of the molecule is CC(C)(C)OC(=O)C1CC(O)(C2CCNCC2)C1.Cl. The van der Waals surface area contributed by atoms with E-state index in [1.54, 1.807) is 0 Å². The van der Waals surface area contributed by atoms with Crippen molar-refractivity contribution in [3.8, 4) is 0 Å². The van der Waals surface area contributed by atoms with Crippen molar-refractivity contribution >= 4 is 18.4 Å². The van der Waals surface area contributed by atoms with Crippen LogP contribution in [0.2, 0.25) is 0 Å². The molecular weight excluding hydrogens is 266 g/mol. The van der Waals surface area contributed by atoms with Crippen LogP contribution in [0.15, 0.2) is 0 Å². The molecule has 2 N–H and O–H groups in total. The summed E-state index contributed by atoms with van der Waals surface area (Å²) >= 11 is 0. The largest absolute Gasteiger partial charge is 0.460 e. The van der Waals surface area contributed by atoms with E-state index in [-0.39, 0.29) is 24.3 Å². The topological polar surface area (TPSA) is 58.6 Å². The summed E-state index contributed by atoms with van der Waals surface area (Å²) in [5, 5.41) is 13.8. The Morgan fingerprint density at radius 1 is 1.26 bits per heavy atom. The first-order valence-electron chi connectivity index (χ1n) is 6.96. The molecule has 0 radical (unpaired) electrons. The number of hydrogen-bond acceptors (Lipinski definition) is 4. The molecule has 0 aromatic rings. The molecule has 2 fully saturated rings. The summed E-state index contributed by atoms with van der Waals surface area (Å²) in [7, 11) is 0. The van der Waals surface area contributed by atoms with Gasteiger partial charge >= 0.3 is 5.97 Å². The maximum absolute atomic E-state index is 11.9. The fraction of sp³-hybridized carbons (Fsp3) is 0.929. The highest BCUT2D eigenvalue weighted by molar-refractivity contribution is 5.85. The average molecular weight is 292 g/mol. The van der Waals surface area contributed by atoms with Gasteiger partial charge in [0, 0.05) is 0 Å². The van der Waals surface area contributed by atoms with Gasteiger partial charge in [0.15, 0.2) is 0 Å². The van der Waals surface area contributed by atoms with Crippen LogP contribution in [0, 0.1) is 11.8 Å². The van der Waals surface area contributed by atoms with Crippen LogP contribution < -0.4 is 5.32 Å². The second-order valence-electron chi connectivity index (χ2n) is 6.77. The second-order valence-corrected chi connectivity index (χ2v) is 6.77. The van der Waals surface area contributed by atoms with Gasteiger partial charge in [0.1, 0.15) is 5.60 Å². The maximum atomic E-state index is 11.9. The normalized spacial score (nSPS) is 32.1. The number of hydrogen-bond donors (Lipinski definition) is 2. The van der Waals surface area contributed by atoms with Gasteiger partial charge in [-0.3, -0.25) is 4.79 Å². The lowest BCUT2D eigenvalue weighted by Crippen LogP contribution is -2.55. The smallest absolute Gasteiger partial charge is 0.309 e. The van der Waals surface area contributed by atoms with Crippen LogP contribution in [0.1, 0.15) is 46.5 Å². The molecule has 0 bridgehead atoms. The number of piperidine rings is 1. The summed E-state index contributed by atoms with van der Waals surface area (Å²) in [5.41, 5.74) is -1.05. The van der Waals surface area contributed by atoms with Gasteiger partial charge < -0.3 is 15.2 Å². The van der Waals surface area contributed by atoms with Crippen LogP contribution >= 0.6 is 12.4 Å². The highest BCUT2D eigenvalue weighted by atomic mass is 35.5. The number of esters is 1. The van der Waals surface area contributed by atoms with Crippen molar-refractivity contribution in [3.63, 3.8) is 0 Å². The molecule has 19 heavy (non-hydrogen) atoms. The van der Waals surface area contributed by atoms with E-state index in [0.717, 1.165) is 25.9 Å². The third kappa shape index (κ3) is 4.07. The van der Waals surface area contributed by atoms with Crippen molar-refractivity contribution in [1.82, 2.24) is 5.32 Å². The lowest BCUT2D eigenvalue weighted by Gasteiger charge is -2.49. The molecular formula is C14H26ClNO3. The Kier molecular flexibility index (Phi) is 5.27. The number of ether oxygens (including phenoxy) is 1. The van der Waals surface area contributed by atoms with Gasteiger partial charge in [0.05, 0.1) is 11.5 Å². The Labute approximate surface area is 121 Å². The lowest BCUT2D eigenvalue weighted by molar-refractivity contribution is -0.183. The second kappa shape index (κ2) is 5.98. The van der Waals surface area contributed by atoms with Crippen LogP contribution in [0.3, 0.4) is 0 Å². The standard InChI is InChI=1S/C14H25NO3.ClH/c1-13(2,3)18-12(16)10-8-14(17,9-10)11-4-6-15-7-5-11;/h10-11,15,17H,4-9H2,1-3H3;1H. The Morgan fingerprint density at radius 2 is 1.79 bits per heavy atom. The van der Waals surface area contributed by atoms with E-state index in [4.69, 9.17) is 4.74 Å². The molecule has 112 valence electrons. The molecule has 0 spiro atoms. The van der Waals surface area contributed by atoms with Crippen molar-refractivity contribution in [2.75, 3.05) is 13.1 Å². The first-order valence-corrected chi connectivity index (χ1v) is 6.96. The molecule has 2 rings (SSSR count). The van der Waals surface area contributed by atoms with E-state index in [2.05, 4.69) is 5.32 Å². The number of carbonyl (C=O) groups is 1. The highest BCUT2D eigenvalue weighted by Crippen LogP contribution is 2.46. The van der Waals surface area contributed by atoms with Crippen molar-refractivity contribution in [1.29, 1.82) is 0 Å². The zero-order valence-electron chi connectivity index (χ0n) is 12.1. The summed E-state index contributed by atoms with van der Waals surface area (Å²) < 4.78 is 5.36. The molecule has 2 aliphatic rings. The number of rotatable bonds is 2. The fourth-order valence-electron chi connectivity index (χ4n) is 3.04. The van der Waals surface area contributed by atoms with Gasteiger partial charge in [-0.15, -0.1) is 12.4 Å². The molecule has 1 aliphatic carbocycles. The van der Waals surface area contributed by atoms with Gasteiger partial charge in [-0.2, -0.15) is 0 Å². The van der Waals surface area contributed by atoms with Crippen LogP contribution in [-0.2, 0) is 9.53 Å². The zero-order valence-corrected chi connectivity index (χ0v) is 12.9. The van der Waals surface area contributed by atoms with E-state index in [9.17, 15) is 9.90 Å². The molecule has 0 aromatic carbocycles. The summed E-state index contributed by atoms with van der Waals surface area (Å²) in [6, 6.07) is 0. The molecule has 0 atom stereocenters. The van der Waals surface area contributed by atoms with Gasteiger partial charge in [0.25, 0.3) is 0 Å². The first-order chi connectivity index (χ1) is 8.30. The van der Waals surface area contributed by atoms with Crippen LogP contribution in [0.5, 0.6) is 0 Å². The Bertz CT molecular complexity index is 315. The summed E-state index contributed by atoms with van der Waals surface area (Å²) in [6.45, 7) is 7.59. The third-order valence-corrected chi connectivity index (χ3v) is 4.04. The molecule has 5 heteroatoms. The van der Waals surface area contributed by atoms with Crippen molar-refractivity contribution in [2.24, 2.45) is 11.8 Å². The molecule has 1 saturated heterocycles. The highest BCUT2D eigenvalue weighted by Gasteiger charge is 2.51. The van der Waals surface area contributed by atoms with E-state index in [0.29, 0.717) is 18.8 Å². The van der Waals surface area contributed by atoms with E-state index >= 15 is 0 Å². The Balaban J connectivity index is 0.00000180. The number of aliphatic hydroxyl groups is 1. The third-order valence-electron chi connectivity index (χ3n) is 4.04. The number of nitrogens with one attached hydrogen (secondary N) is 1. The van der Waals surface area contributed by atoms with Crippen LogP contribution in [0.25, 0.3) is 0 Å². The van der Waals surface area contributed by atoms with Crippen molar-refractivity contribution < 1.29 is 14.6 Å². The van der Waals surface area contributed by atoms with Gasteiger partial charge in [-0.25, -0.2) is 0 Å². The van der Waals surface area contributed by atoms with Gasteiger partial charge in [-0.1, -0.05) is 0 Å². The van der Waals surface area contributed by atoms with Gasteiger partial charge in [0.2, 0.25) is 0 Å². The van der Waals surface area contributed by atoms with E-state index in [1.165, 1.54) is 0 Å². The predicted molar refractivity (Wildman–Crippen MR) is 76.4 cm³/mol. The Hall–Kier alpha value is -0.320. The quantitative estimate of drug-likeness (QED) is 0.763. The zero-order chi connectivity index (χ0) is 13.4. The predicted octanol–water partition coefficient (Wildman–Crippen LogP) is 1.89. The molecule has 1 aliphatic heterocycles. The van der Waals surface area contributed by atoms with E-state index < -0.39 is 11.2 Å². The minimum absolute atomic E-state index is 0. The number of halogens is 1. The Morgan fingerprint density at radius 3 is 2.26 bits per heavy atom. The molecule has 0 aromatic heterocycles. The molecule has 1 heterocycles. The summed E-state index contributed by atoms with van der Waals surface area (Å²) in [4.78, 5) is 11.9. The van der Waals surface area contributed by atoms with Crippen molar-refractivity contribution in [2.45, 2.75) is 57.7 Å². The minimum atomic E-state index is -0.621. The van der Waals surface area contributed by atoms with Crippen LogP contribution in [0.4, 0.5) is 0 Å². The minimum Gasteiger partial charge on any atom is -0.460 e. The molecule has 4 nitrogen and oxygen atoms in total. The van der Waals surface area contributed by atoms with Crippen molar-refractivity contribution in [3.05, 3.63) is 0 Å². The molecule has 0 amide bonds. The summed E-state index contributed by atoms with van der Waals surface area (Å²) in [6.07, 6.45) is 3.17. The van der Waals surface area contributed by atoms with Gasteiger partial charge in [-0.05, 0) is 65.5 Å². The first kappa shape index (κ1) is 16.7. The fourth-order valence-corrected chi connectivity index (χ4v) is 3.04. The van der Waals surface area contributed by atoms with E-state index in [1.807, 2.05) is 20.8 Å². The molecule has 1 saturated carbocycles. The summed E-state index contributed by atoms with van der Waals surface area (Å²) in [5.74, 6) is 0.0858. The number of carbonyl (C=O) groups excluding carboxylic acids is 1. The average Bonchev–Trinajstić information content (AvgIpc) is 2.23. The maximum Gasteiger partial charge on any atom is 0.309 e. The van der Waals surface area contributed by atoms with Crippen LogP contribution in [-0.4, -0.2) is 35.4 Å².